The van der Waals surface area contributed by atoms with Gasteiger partial charge in [-0.15, -0.1) is 0 Å². The molecule has 2 aromatic rings. The third-order valence-electron chi connectivity index (χ3n) is 3.20. The molecular formula is C17H20N2S. The van der Waals surface area contributed by atoms with Gasteiger partial charge in [0.2, 0.25) is 0 Å². The quantitative estimate of drug-likeness (QED) is 0.639. The molecule has 0 bridgehead atoms. The Labute approximate surface area is 124 Å². The van der Waals surface area contributed by atoms with Crippen LogP contribution in [0.25, 0.3) is 0 Å². The SMILES string of the molecule is Cc1ccc(Sc2ccc(C(C)C)cc2)c(C(=N)N)c1. The van der Waals surface area contributed by atoms with Gasteiger partial charge in [0, 0.05) is 15.4 Å². The fourth-order valence-corrected chi connectivity index (χ4v) is 2.93. The Bertz CT molecular complexity index is 615. The number of amidine groups is 1. The molecule has 0 amide bonds. The van der Waals surface area contributed by atoms with Crippen molar-refractivity contribution in [2.75, 3.05) is 0 Å². The van der Waals surface area contributed by atoms with Gasteiger partial charge in [0.1, 0.15) is 5.84 Å². The van der Waals surface area contributed by atoms with E-state index in [9.17, 15) is 0 Å². The van der Waals surface area contributed by atoms with E-state index in [1.165, 1.54) is 10.5 Å². The van der Waals surface area contributed by atoms with Crippen molar-refractivity contribution >= 4 is 17.6 Å². The molecule has 0 aliphatic heterocycles. The molecule has 0 heterocycles. The fourth-order valence-electron chi connectivity index (χ4n) is 1.99. The first-order valence-electron chi connectivity index (χ1n) is 6.70. The van der Waals surface area contributed by atoms with E-state index >= 15 is 0 Å². The zero-order valence-electron chi connectivity index (χ0n) is 12.1. The Kier molecular flexibility index (Phi) is 4.50. The van der Waals surface area contributed by atoms with Crippen molar-refractivity contribution in [3.63, 3.8) is 0 Å². The van der Waals surface area contributed by atoms with E-state index in [2.05, 4.69) is 44.2 Å². The molecule has 0 radical (unpaired) electrons. The second-order valence-electron chi connectivity index (χ2n) is 5.24. The minimum Gasteiger partial charge on any atom is -0.384 e. The highest BCUT2D eigenvalue weighted by atomic mass is 32.2. The zero-order valence-corrected chi connectivity index (χ0v) is 12.9. The maximum absolute atomic E-state index is 7.69. The lowest BCUT2D eigenvalue weighted by Gasteiger charge is -2.10. The van der Waals surface area contributed by atoms with Crippen molar-refractivity contribution < 1.29 is 0 Å². The summed E-state index contributed by atoms with van der Waals surface area (Å²) in [5.41, 5.74) is 8.94. The number of rotatable bonds is 4. The van der Waals surface area contributed by atoms with Gasteiger partial charge in [-0.3, -0.25) is 5.41 Å². The van der Waals surface area contributed by atoms with Crippen molar-refractivity contribution in [2.24, 2.45) is 5.73 Å². The van der Waals surface area contributed by atoms with Crippen LogP contribution in [0.4, 0.5) is 0 Å². The number of nitrogens with two attached hydrogens (primary N) is 1. The van der Waals surface area contributed by atoms with Crippen molar-refractivity contribution in [1.82, 2.24) is 0 Å². The van der Waals surface area contributed by atoms with Crippen LogP contribution in [-0.4, -0.2) is 5.84 Å². The van der Waals surface area contributed by atoms with Gasteiger partial charge in [-0.1, -0.05) is 49.4 Å². The third kappa shape index (κ3) is 3.42. The van der Waals surface area contributed by atoms with Crippen LogP contribution in [0.1, 0.15) is 36.5 Å². The van der Waals surface area contributed by atoms with Gasteiger partial charge in [0.15, 0.2) is 0 Å². The zero-order chi connectivity index (χ0) is 14.7. The number of nitrogen functional groups attached to an aromatic ring is 1. The monoisotopic (exact) mass is 284 g/mol. The van der Waals surface area contributed by atoms with Gasteiger partial charge in [0.25, 0.3) is 0 Å². The highest BCUT2D eigenvalue weighted by Gasteiger charge is 2.08. The second kappa shape index (κ2) is 6.14. The fraction of sp³-hybridized carbons (Fsp3) is 0.235. The molecule has 0 unspecified atom stereocenters. The number of hydrogen-bond acceptors (Lipinski definition) is 2. The Morgan fingerprint density at radius 2 is 1.75 bits per heavy atom. The van der Waals surface area contributed by atoms with Crippen LogP contribution in [0.2, 0.25) is 0 Å². The Morgan fingerprint density at radius 3 is 2.30 bits per heavy atom. The molecule has 0 aliphatic rings. The lowest BCUT2D eigenvalue weighted by Crippen LogP contribution is -2.12. The molecular weight excluding hydrogens is 264 g/mol. The maximum atomic E-state index is 7.69. The molecule has 20 heavy (non-hydrogen) atoms. The van der Waals surface area contributed by atoms with E-state index in [1.807, 2.05) is 19.1 Å². The van der Waals surface area contributed by atoms with E-state index in [1.54, 1.807) is 11.8 Å². The number of aryl methyl sites for hydroxylation is 1. The molecule has 2 aromatic carbocycles. The first kappa shape index (κ1) is 14.7. The van der Waals surface area contributed by atoms with Gasteiger partial charge in [-0.05, 0) is 42.7 Å². The summed E-state index contributed by atoms with van der Waals surface area (Å²) in [4.78, 5) is 2.20. The van der Waals surface area contributed by atoms with Crippen LogP contribution < -0.4 is 5.73 Å². The molecule has 0 atom stereocenters. The maximum Gasteiger partial charge on any atom is 0.123 e. The highest BCUT2D eigenvalue weighted by Crippen LogP contribution is 2.31. The molecule has 2 rings (SSSR count). The summed E-state index contributed by atoms with van der Waals surface area (Å²) < 4.78 is 0. The molecule has 0 saturated heterocycles. The minimum atomic E-state index is 0.120. The summed E-state index contributed by atoms with van der Waals surface area (Å²) in [6.07, 6.45) is 0. The predicted octanol–water partition coefficient (Wildman–Crippen LogP) is 4.55. The smallest absolute Gasteiger partial charge is 0.123 e. The molecule has 0 aliphatic carbocycles. The van der Waals surface area contributed by atoms with Crippen molar-refractivity contribution in [1.29, 1.82) is 5.41 Å². The van der Waals surface area contributed by atoms with Crippen molar-refractivity contribution in [3.8, 4) is 0 Å². The molecule has 3 heteroatoms. The first-order valence-corrected chi connectivity index (χ1v) is 7.52. The summed E-state index contributed by atoms with van der Waals surface area (Å²) in [7, 11) is 0. The van der Waals surface area contributed by atoms with Crippen molar-refractivity contribution in [2.45, 2.75) is 36.5 Å². The van der Waals surface area contributed by atoms with E-state index in [4.69, 9.17) is 11.1 Å². The largest absolute Gasteiger partial charge is 0.384 e. The molecule has 2 nitrogen and oxygen atoms in total. The summed E-state index contributed by atoms with van der Waals surface area (Å²) in [5, 5.41) is 7.69. The molecule has 0 spiro atoms. The predicted molar refractivity (Wildman–Crippen MR) is 86.8 cm³/mol. The molecule has 104 valence electrons. The topological polar surface area (TPSA) is 49.9 Å². The summed E-state index contributed by atoms with van der Waals surface area (Å²) in [6.45, 7) is 6.39. The second-order valence-corrected chi connectivity index (χ2v) is 6.35. The average molecular weight is 284 g/mol. The van der Waals surface area contributed by atoms with E-state index in [0.717, 1.165) is 16.0 Å². The van der Waals surface area contributed by atoms with Crippen molar-refractivity contribution in [3.05, 3.63) is 59.2 Å². The summed E-state index contributed by atoms with van der Waals surface area (Å²) in [5.74, 6) is 0.663. The van der Waals surface area contributed by atoms with Gasteiger partial charge < -0.3 is 5.73 Å². The highest BCUT2D eigenvalue weighted by molar-refractivity contribution is 7.99. The van der Waals surface area contributed by atoms with Gasteiger partial charge in [0.05, 0.1) is 0 Å². The van der Waals surface area contributed by atoms with E-state index in [-0.39, 0.29) is 5.84 Å². The molecule has 0 saturated carbocycles. The normalized spacial score (nSPS) is 10.8. The number of benzene rings is 2. The summed E-state index contributed by atoms with van der Waals surface area (Å²) >= 11 is 1.65. The number of nitrogens with one attached hydrogen (secondary N) is 1. The lowest BCUT2D eigenvalue weighted by atomic mass is 10.0. The van der Waals surface area contributed by atoms with Crippen LogP contribution >= 0.6 is 11.8 Å². The van der Waals surface area contributed by atoms with Crippen LogP contribution in [0.15, 0.2) is 52.3 Å². The van der Waals surface area contributed by atoms with Crippen LogP contribution in [-0.2, 0) is 0 Å². The van der Waals surface area contributed by atoms with Gasteiger partial charge in [-0.25, -0.2) is 0 Å². The van der Waals surface area contributed by atoms with Gasteiger partial charge >= 0.3 is 0 Å². The van der Waals surface area contributed by atoms with E-state index in [0.29, 0.717) is 5.92 Å². The average Bonchev–Trinajstić information content (AvgIpc) is 2.41. The molecule has 0 aromatic heterocycles. The summed E-state index contributed by atoms with van der Waals surface area (Å²) in [6, 6.07) is 14.6. The number of hydrogen-bond donors (Lipinski definition) is 2. The van der Waals surface area contributed by atoms with Crippen LogP contribution in [0.5, 0.6) is 0 Å². The molecule has 0 fully saturated rings. The van der Waals surface area contributed by atoms with E-state index < -0.39 is 0 Å². The molecule has 3 N–H and O–H groups in total. The Balaban J connectivity index is 2.28. The lowest BCUT2D eigenvalue weighted by molar-refractivity contribution is 0.865. The Hall–Kier alpha value is -1.74. The van der Waals surface area contributed by atoms with Crippen LogP contribution in [0.3, 0.4) is 0 Å². The standard InChI is InChI=1S/C17H20N2S/c1-11(2)13-5-7-14(8-6-13)20-16-9-4-12(3)10-15(16)17(18)19/h4-11H,1-3H3,(H3,18,19). The van der Waals surface area contributed by atoms with Crippen LogP contribution in [0, 0.1) is 12.3 Å². The Morgan fingerprint density at radius 1 is 1.10 bits per heavy atom. The first-order chi connectivity index (χ1) is 9.47. The third-order valence-corrected chi connectivity index (χ3v) is 4.28. The minimum absolute atomic E-state index is 0.120. The van der Waals surface area contributed by atoms with Gasteiger partial charge in [-0.2, -0.15) is 0 Å².